The Morgan fingerprint density at radius 1 is 1.30 bits per heavy atom. The maximum atomic E-state index is 11.6. The second-order valence-corrected chi connectivity index (χ2v) is 8.02. The lowest BCUT2D eigenvalue weighted by Gasteiger charge is -2.38. The number of rotatable bonds is 6. The number of carboxylic acid groups (broad SMARTS) is 1. The van der Waals surface area contributed by atoms with E-state index in [9.17, 15) is 9.90 Å². The van der Waals surface area contributed by atoms with Gasteiger partial charge in [-0.2, -0.15) is 0 Å². The summed E-state index contributed by atoms with van der Waals surface area (Å²) in [6.45, 7) is 6.07. The lowest BCUT2D eigenvalue weighted by molar-refractivity contribution is -0.143. The molecule has 5 heteroatoms. The Hall–Kier alpha value is -1.85. The number of ether oxygens (including phenoxy) is 1. The van der Waals surface area contributed by atoms with E-state index in [0.29, 0.717) is 13.2 Å². The summed E-state index contributed by atoms with van der Waals surface area (Å²) in [5, 5.41) is 9.54. The molecule has 1 heterocycles. The molecule has 2 atom stereocenters. The zero-order valence-corrected chi connectivity index (χ0v) is 17.4. The topological polar surface area (TPSA) is 49.8 Å². The average Bonchev–Trinajstić information content (AvgIpc) is 2.66. The van der Waals surface area contributed by atoms with Gasteiger partial charge >= 0.3 is 5.97 Å². The molecule has 2 aromatic rings. The number of carboxylic acids is 1. The third kappa shape index (κ3) is 4.71. The number of likely N-dealkylation sites (tertiary alicyclic amines) is 1. The van der Waals surface area contributed by atoms with Gasteiger partial charge in [0.05, 0.1) is 18.6 Å². The number of benzene rings is 2. The molecule has 0 radical (unpaired) electrons. The van der Waals surface area contributed by atoms with Crippen molar-refractivity contribution >= 4 is 21.9 Å². The van der Waals surface area contributed by atoms with Crippen molar-refractivity contribution in [2.75, 3.05) is 19.7 Å². The van der Waals surface area contributed by atoms with Crippen molar-refractivity contribution in [2.45, 2.75) is 32.7 Å². The molecule has 1 N–H and O–H groups in total. The fraction of sp³-hybridized carbons (Fsp3) is 0.409. The van der Waals surface area contributed by atoms with Gasteiger partial charge in [-0.1, -0.05) is 45.8 Å². The van der Waals surface area contributed by atoms with Gasteiger partial charge in [-0.15, -0.1) is 0 Å². The fourth-order valence-electron chi connectivity index (χ4n) is 3.80. The highest BCUT2D eigenvalue weighted by Crippen LogP contribution is 2.38. The highest BCUT2D eigenvalue weighted by Gasteiger charge is 2.32. The second kappa shape index (κ2) is 8.89. The molecule has 0 saturated carbocycles. The van der Waals surface area contributed by atoms with Gasteiger partial charge in [0.1, 0.15) is 5.75 Å². The summed E-state index contributed by atoms with van der Waals surface area (Å²) in [4.78, 5) is 13.9. The summed E-state index contributed by atoms with van der Waals surface area (Å²) in [6.07, 6.45) is 1.63. The quantitative estimate of drug-likeness (QED) is 0.695. The predicted octanol–water partition coefficient (Wildman–Crippen LogP) is 5.04. The van der Waals surface area contributed by atoms with Crippen LogP contribution in [0.3, 0.4) is 0 Å². The zero-order valence-electron chi connectivity index (χ0n) is 15.8. The Morgan fingerprint density at radius 3 is 2.70 bits per heavy atom. The molecule has 0 amide bonds. The minimum Gasteiger partial charge on any atom is -0.494 e. The summed E-state index contributed by atoms with van der Waals surface area (Å²) >= 11 is 3.59. The Balaban J connectivity index is 2.07. The molecule has 4 nitrogen and oxygen atoms in total. The second-order valence-electron chi connectivity index (χ2n) is 7.10. The number of hydrogen-bond acceptors (Lipinski definition) is 3. The summed E-state index contributed by atoms with van der Waals surface area (Å²) in [5.74, 6) is -0.181. The minimum atomic E-state index is -0.707. The summed E-state index contributed by atoms with van der Waals surface area (Å²) in [7, 11) is 0. The number of aliphatic carboxylic acids is 1. The number of aryl methyl sites for hydroxylation is 1. The van der Waals surface area contributed by atoms with E-state index in [1.807, 2.05) is 19.1 Å². The van der Waals surface area contributed by atoms with Gasteiger partial charge < -0.3 is 9.84 Å². The standard InChI is InChI=1S/C22H26BrNO3/c1-3-27-20-11-10-18(23)13-19(20)21(16-8-6-15(2)7-9-16)24-12-4-5-17(14-24)22(25)26/h6-11,13,17,21H,3-5,12,14H2,1-2H3,(H,25,26). The van der Waals surface area contributed by atoms with Crippen molar-refractivity contribution in [3.8, 4) is 5.75 Å². The molecule has 1 saturated heterocycles. The Bertz CT molecular complexity index is 791. The van der Waals surface area contributed by atoms with Gasteiger partial charge in [-0.25, -0.2) is 0 Å². The summed E-state index contributed by atoms with van der Waals surface area (Å²) in [5.41, 5.74) is 3.44. The monoisotopic (exact) mass is 431 g/mol. The highest BCUT2D eigenvalue weighted by atomic mass is 79.9. The van der Waals surface area contributed by atoms with Crippen LogP contribution in [-0.4, -0.2) is 35.7 Å². The maximum absolute atomic E-state index is 11.6. The highest BCUT2D eigenvalue weighted by molar-refractivity contribution is 9.10. The van der Waals surface area contributed by atoms with Crippen LogP contribution in [0, 0.1) is 12.8 Å². The molecule has 0 spiro atoms. The molecule has 1 aliphatic rings. The first-order chi connectivity index (χ1) is 13.0. The van der Waals surface area contributed by atoms with Gasteiger partial charge in [-0.3, -0.25) is 9.69 Å². The van der Waals surface area contributed by atoms with Crippen LogP contribution < -0.4 is 4.74 Å². The molecule has 1 aliphatic heterocycles. The molecule has 3 rings (SSSR count). The Morgan fingerprint density at radius 2 is 2.04 bits per heavy atom. The first-order valence-electron chi connectivity index (χ1n) is 9.45. The van der Waals surface area contributed by atoms with Gasteiger partial charge in [0.25, 0.3) is 0 Å². The van der Waals surface area contributed by atoms with Crippen LogP contribution in [0.2, 0.25) is 0 Å². The van der Waals surface area contributed by atoms with Crippen molar-refractivity contribution in [1.29, 1.82) is 0 Å². The maximum Gasteiger partial charge on any atom is 0.307 e. The number of halogens is 1. The molecule has 2 aromatic carbocycles. The van der Waals surface area contributed by atoms with Crippen LogP contribution in [0.4, 0.5) is 0 Å². The predicted molar refractivity (Wildman–Crippen MR) is 110 cm³/mol. The molecule has 0 bridgehead atoms. The van der Waals surface area contributed by atoms with Crippen LogP contribution in [0.15, 0.2) is 46.9 Å². The normalized spacial score (nSPS) is 18.9. The largest absolute Gasteiger partial charge is 0.494 e. The Labute approximate surface area is 169 Å². The van der Waals surface area contributed by atoms with Crippen LogP contribution in [0.1, 0.15) is 42.5 Å². The van der Waals surface area contributed by atoms with E-state index in [4.69, 9.17) is 4.74 Å². The van der Waals surface area contributed by atoms with E-state index >= 15 is 0 Å². The molecule has 27 heavy (non-hydrogen) atoms. The molecule has 2 unspecified atom stereocenters. The Kier molecular flexibility index (Phi) is 6.55. The summed E-state index contributed by atoms with van der Waals surface area (Å²) < 4.78 is 6.91. The molecule has 1 fully saturated rings. The first-order valence-corrected chi connectivity index (χ1v) is 10.2. The summed E-state index contributed by atoms with van der Waals surface area (Å²) in [6, 6.07) is 14.5. The van der Waals surface area contributed by atoms with E-state index in [0.717, 1.165) is 40.7 Å². The van der Waals surface area contributed by atoms with Gasteiger partial charge in [0.15, 0.2) is 0 Å². The minimum absolute atomic E-state index is 0.0354. The van der Waals surface area contributed by atoms with Crippen molar-refractivity contribution in [3.63, 3.8) is 0 Å². The average molecular weight is 432 g/mol. The van der Waals surface area contributed by atoms with Gasteiger partial charge in [0.2, 0.25) is 0 Å². The molecule has 144 valence electrons. The molecular weight excluding hydrogens is 406 g/mol. The van der Waals surface area contributed by atoms with E-state index in [2.05, 4.69) is 58.1 Å². The molecular formula is C22H26BrNO3. The smallest absolute Gasteiger partial charge is 0.307 e. The number of hydrogen-bond donors (Lipinski definition) is 1. The van der Waals surface area contributed by atoms with E-state index in [1.54, 1.807) is 0 Å². The van der Waals surface area contributed by atoms with Crippen molar-refractivity contribution < 1.29 is 14.6 Å². The molecule has 0 aromatic heterocycles. The van der Waals surface area contributed by atoms with Crippen LogP contribution >= 0.6 is 15.9 Å². The van der Waals surface area contributed by atoms with E-state index in [1.165, 1.54) is 5.56 Å². The SMILES string of the molecule is CCOc1ccc(Br)cc1C(c1ccc(C)cc1)N1CCCC(C(=O)O)C1. The lowest BCUT2D eigenvalue weighted by atomic mass is 9.90. The van der Waals surface area contributed by atoms with E-state index < -0.39 is 5.97 Å². The fourth-order valence-corrected chi connectivity index (χ4v) is 4.18. The van der Waals surface area contributed by atoms with E-state index in [-0.39, 0.29) is 12.0 Å². The molecule has 0 aliphatic carbocycles. The number of nitrogens with zero attached hydrogens (tertiary/aromatic N) is 1. The van der Waals surface area contributed by atoms with Gasteiger partial charge in [-0.05, 0) is 57.0 Å². The van der Waals surface area contributed by atoms with Crippen LogP contribution in [-0.2, 0) is 4.79 Å². The first kappa shape index (κ1) is 19.9. The van der Waals surface area contributed by atoms with Gasteiger partial charge in [0, 0.05) is 16.6 Å². The van der Waals surface area contributed by atoms with Crippen molar-refractivity contribution in [1.82, 2.24) is 4.90 Å². The zero-order chi connectivity index (χ0) is 19.4. The van der Waals surface area contributed by atoms with Crippen molar-refractivity contribution in [2.24, 2.45) is 5.92 Å². The van der Waals surface area contributed by atoms with Crippen LogP contribution in [0.25, 0.3) is 0 Å². The third-order valence-electron chi connectivity index (χ3n) is 5.13. The van der Waals surface area contributed by atoms with Crippen molar-refractivity contribution in [3.05, 3.63) is 63.6 Å². The number of piperidine rings is 1. The third-order valence-corrected chi connectivity index (χ3v) is 5.62. The number of carbonyl (C=O) groups is 1. The van der Waals surface area contributed by atoms with Crippen LogP contribution in [0.5, 0.6) is 5.75 Å². The lowest BCUT2D eigenvalue weighted by Crippen LogP contribution is -2.41.